The number of nitrogens with zero attached hydrogens (tertiary/aromatic N) is 1. The van der Waals surface area contributed by atoms with Crippen LogP contribution in [0.15, 0.2) is 48.5 Å². The molecule has 6 heteroatoms. The van der Waals surface area contributed by atoms with Crippen LogP contribution in [0, 0.1) is 5.41 Å². The summed E-state index contributed by atoms with van der Waals surface area (Å²) in [6.07, 6.45) is 3.61. The van der Waals surface area contributed by atoms with Crippen molar-refractivity contribution < 1.29 is 19.1 Å². The molecule has 0 spiro atoms. The fourth-order valence-electron chi connectivity index (χ4n) is 4.73. The van der Waals surface area contributed by atoms with Crippen LogP contribution in [0.3, 0.4) is 0 Å². The van der Waals surface area contributed by atoms with E-state index < -0.39 is 5.41 Å². The minimum Gasteiger partial charge on any atom is -0.497 e. The van der Waals surface area contributed by atoms with Crippen molar-refractivity contribution in [2.24, 2.45) is 5.41 Å². The van der Waals surface area contributed by atoms with Gasteiger partial charge in [-0.15, -0.1) is 0 Å². The zero-order chi connectivity index (χ0) is 22.4. The van der Waals surface area contributed by atoms with Gasteiger partial charge in [0.05, 0.1) is 12.5 Å². The van der Waals surface area contributed by atoms with Crippen LogP contribution in [-0.2, 0) is 20.7 Å². The molecule has 2 fully saturated rings. The van der Waals surface area contributed by atoms with Crippen molar-refractivity contribution in [3.8, 4) is 16.9 Å². The predicted molar refractivity (Wildman–Crippen MR) is 123 cm³/mol. The van der Waals surface area contributed by atoms with Gasteiger partial charge >= 0.3 is 0 Å². The normalized spacial score (nSPS) is 17.9. The number of methoxy groups -OCH3 is 1. The first-order valence-corrected chi connectivity index (χ1v) is 11.5. The summed E-state index contributed by atoms with van der Waals surface area (Å²) in [7, 11) is 1.67. The summed E-state index contributed by atoms with van der Waals surface area (Å²) in [6.45, 7) is 3.06. The SMILES string of the molecule is COc1cccc(-c2cccc(CC3(C(=O)NCCN4CCCC4=O)CCOCC3)c2)c1. The lowest BCUT2D eigenvalue weighted by Crippen LogP contribution is -2.48. The molecule has 4 rings (SSSR count). The van der Waals surface area contributed by atoms with Crippen LogP contribution in [0.4, 0.5) is 0 Å². The Bertz CT molecular complexity index is 952. The fourth-order valence-corrected chi connectivity index (χ4v) is 4.73. The van der Waals surface area contributed by atoms with E-state index in [0.29, 0.717) is 52.0 Å². The second-order valence-corrected chi connectivity index (χ2v) is 8.74. The number of ether oxygens (including phenoxy) is 2. The molecule has 0 saturated carbocycles. The van der Waals surface area contributed by atoms with Crippen LogP contribution in [0.1, 0.15) is 31.2 Å². The van der Waals surface area contributed by atoms with Crippen LogP contribution in [0.25, 0.3) is 11.1 Å². The highest BCUT2D eigenvalue weighted by molar-refractivity contribution is 5.83. The molecular formula is C26H32N2O4. The molecule has 170 valence electrons. The molecule has 1 N–H and O–H groups in total. The van der Waals surface area contributed by atoms with Gasteiger partial charge in [-0.1, -0.05) is 36.4 Å². The van der Waals surface area contributed by atoms with Crippen LogP contribution < -0.4 is 10.1 Å². The highest BCUT2D eigenvalue weighted by Crippen LogP contribution is 2.36. The lowest BCUT2D eigenvalue weighted by Gasteiger charge is -2.36. The van der Waals surface area contributed by atoms with E-state index in [9.17, 15) is 9.59 Å². The van der Waals surface area contributed by atoms with Crippen LogP contribution >= 0.6 is 0 Å². The van der Waals surface area contributed by atoms with E-state index in [2.05, 4.69) is 29.6 Å². The Hall–Kier alpha value is -2.86. The molecule has 2 heterocycles. The maximum Gasteiger partial charge on any atom is 0.226 e. The van der Waals surface area contributed by atoms with E-state index in [1.165, 1.54) is 0 Å². The Kier molecular flexibility index (Phi) is 7.10. The van der Waals surface area contributed by atoms with Gasteiger partial charge < -0.3 is 19.7 Å². The Morgan fingerprint density at radius 2 is 1.88 bits per heavy atom. The van der Waals surface area contributed by atoms with E-state index in [1.807, 2.05) is 29.2 Å². The minimum atomic E-state index is -0.486. The molecule has 6 nitrogen and oxygen atoms in total. The van der Waals surface area contributed by atoms with Gasteiger partial charge in [-0.05, 0) is 54.5 Å². The molecule has 2 aliphatic rings. The second kappa shape index (κ2) is 10.2. The number of nitrogens with one attached hydrogen (secondary N) is 1. The maximum atomic E-state index is 13.3. The third-order valence-corrected chi connectivity index (χ3v) is 6.64. The zero-order valence-electron chi connectivity index (χ0n) is 18.8. The van der Waals surface area contributed by atoms with Gasteiger partial charge in [0, 0.05) is 39.3 Å². The number of benzene rings is 2. The summed E-state index contributed by atoms with van der Waals surface area (Å²) in [4.78, 5) is 27.0. The van der Waals surface area contributed by atoms with Gasteiger partial charge in [0.25, 0.3) is 0 Å². The first-order valence-electron chi connectivity index (χ1n) is 11.5. The summed E-state index contributed by atoms with van der Waals surface area (Å²) in [5.41, 5.74) is 2.85. The van der Waals surface area contributed by atoms with Gasteiger partial charge in [-0.25, -0.2) is 0 Å². The van der Waals surface area contributed by atoms with E-state index >= 15 is 0 Å². The lowest BCUT2D eigenvalue weighted by molar-refractivity contribution is -0.137. The molecule has 0 aliphatic carbocycles. The third-order valence-electron chi connectivity index (χ3n) is 6.64. The average molecular weight is 437 g/mol. The summed E-state index contributed by atoms with van der Waals surface area (Å²) >= 11 is 0. The van der Waals surface area contributed by atoms with Gasteiger partial charge in [-0.3, -0.25) is 9.59 Å². The van der Waals surface area contributed by atoms with Gasteiger partial charge in [0.1, 0.15) is 5.75 Å². The summed E-state index contributed by atoms with van der Waals surface area (Å²) in [6, 6.07) is 16.4. The lowest BCUT2D eigenvalue weighted by atomic mass is 9.74. The molecule has 2 aromatic carbocycles. The van der Waals surface area contributed by atoms with Crippen molar-refractivity contribution in [3.05, 3.63) is 54.1 Å². The second-order valence-electron chi connectivity index (χ2n) is 8.74. The summed E-state index contributed by atoms with van der Waals surface area (Å²) in [5.74, 6) is 1.08. The topological polar surface area (TPSA) is 67.9 Å². The van der Waals surface area contributed by atoms with Crippen molar-refractivity contribution in [1.29, 1.82) is 0 Å². The first-order chi connectivity index (χ1) is 15.6. The van der Waals surface area contributed by atoms with Crippen molar-refractivity contribution >= 4 is 11.8 Å². The number of carbonyl (C=O) groups excluding carboxylic acids is 2. The number of amides is 2. The molecule has 32 heavy (non-hydrogen) atoms. The van der Waals surface area contributed by atoms with Gasteiger partial charge in [0.2, 0.25) is 11.8 Å². The molecule has 2 amide bonds. The molecule has 0 unspecified atom stereocenters. The van der Waals surface area contributed by atoms with Crippen molar-refractivity contribution in [2.45, 2.75) is 32.1 Å². The largest absolute Gasteiger partial charge is 0.497 e. The smallest absolute Gasteiger partial charge is 0.226 e. The van der Waals surface area contributed by atoms with E-state index in [4.69, 9.17) is 9.47 Å². The quantitative estimate of drug-likeness (QED) is 0.688. The summed E-state index contributed by atoms with van der Waals surface area (Å²) < 4.78 is 10.9. The molecule has 0 aromatic heterocycles. The number of carbonyl (C=O) groups is 2. The zero-order valence-corrected chi connectivity index (χ0v) is 18.8. The van der Waals surface area contributed by atoms with Crippen molar-refractivity contribution in [1.82, 2.24) is 10.2 Å². The average Bonchev–Trinajstić information content (AvgIpc) is 3.24. The molecule has 0 radical (unpaired) electrons. The number of hydrogen-bond acceptors (Lipinski definition) is 4. The molecule has 2 aromatic rings. The number of rotatable bonds is 8. The van der Waals surface area contributed by atoms with E-state index in [-0.39, 0.29) is 11.8 Å². The van der Waals surface area contributed by atoms with Crippen molar-refractivity contribution in [2.75, 3.05) is 40.0 Å². The Balaban J connectivity index is 1.47. The third kappa shape index (κ3) is 5.13. The molecule has 0 atom stereocenters. The first kappa shape index (κ1) is 22.3. The highest BCUT2D eigenvalue weighted by atomic mass is 16.5. The Morgan fingerprint density at radius 1 is 1.12 bits per heavy atom. The van der Waals surface area contributed by atoms with Gasteiger partial charge in [0.15, 0.2) is 0 Å². The minimum absolute atomic E-state index is 0.0687. The monoisotopic (exact) mass is 436 g/mol. The van der Waals surface area contributed by atoms with Gasteiger partial charge in [-0.2, -0.15) is 0 Å². The Morgan fingerprint density at radius 3 is 2.59 bits per heavy atom. The number of hydrogen-bond donors (Lipinski definition) is 1. The molecule has 2 saturated heterocycles. The predicted octanol–water partition coefficient (Wildman–Crippen LogP) is 3.44. The highest BCUT2D eigenvalue weighted by Gasteiger charge is 2.40. The van der Waals surface area contributed by atoms with Crippen LogP contribution in [0.2, 0.25) is 0 Å². The standard InChI is InChI=1S/C26H32N2O4/c1-31-23-8-3-7-22(18-23)21-6-2-5-20(17-21)19-26(10-15-32-16-11-26)25(30)27-12-14-28-13-4-9-24(28)29/h2-3,5-8,17-18H,4,9-16,19H2,1H3,(H,27,30). The molecule has 0 bridgehead atoms. The Labute approximate surface area is 189 Å². The fraction of sp³-hybridized carbons (Fsp3) is 0.462. The summed E-state index contributed by atoms with van der Waals surface area (Å²) in [5, 5.41) is 3.12. The van der Waals surface area contributed by atoms with Crippen LogP contribution in [-0.4, -0.2) is 56.7 Å². The maximum absolute atomic E-state index is 13.3. The van der Waals surface area contributed by atoms with Crippen LogP contribution in [0.5, 0.6) is 5.75 Å². The number of likely N-dealkylation sites (tertiary alicyclic amines) is 1. The van der Waals surface area contributed by atoms with Crippen molar-refractivity contribution in [3.63, 3.8) is 0 Å². The van der Waals surface area contributed by atoms with E-state index in [0.717, 1.165) is 35.4 Å². The van der Waals surface area contributed by atoms with E-state index in [1.54, 1.807) is 7.11 Å². The molecule has 2 aliphatic heterocycles. The molecular weight excluding hydrogens is 404 g/mol.